The van der Waals surface area contributed by atoms with E-state index < -0.39 is 17.0 Å². The molecule has 5 aliphatic carbocycles. The normalized spacial score (nSPS) is 58.3. The lowest BCUT2D eigenvalue weighted by Crippen LogP contribution is -2.65. The Morgan fingerprint density at radius 3 is 2.35 bits per heavy atom. The van der Waals surface area contributed by atoms with Gasteiger partial charge in [-0.05, 0) is 93.8 Å². The van der Waals surface area contributed by atoms with E-state index in [0.717, 1.165) is 38.5 Å². The molecule has 0 radical (unpaired) electrons. The molecule has 3 nitrogen and oxygen atoms in total. The van der Waals surface area contributed by atoms with Crippen molar-refractivity contribution in [1.29, 1.82) is 0 Å². The molecule has 2 bridgehead atoms. The SMILES string of the molecule is C[C@@]12CCC[C@@](C)(C(=O)O)[C@H]1CC[C@@]13CC[C@@H](C[C@H]12)[C@@](C)(O)C3. The van der Waals surface area contributed by atoms with Crippen LogP contribution in [0.15, 0.2) is 0 Å². The van der Waals surface area contributed by atoms with Crippen LogP contribution in [0.3, 0.4) is 0 Å². The van der Waals surface area contributed by atoms with E-state index in [-0.39, 0.29) is 10.8 Å². The highest BCUT2D eigenvalue weighted by Gasteiger charge is 2.67. The molecule has 5 saturated carbocycles. The fourth-order valence-electron chi connectivity index (χ4n) is 7.94. The van der Waals surface area contributed by atoms with Crippen LogP contribution in [0.4, 0.5) is 0 Å². The molecule has 0 saturated heterocycles. The molecule has 130 valence electrons. The third-order valence-electron chi connectivity index (χ3n) is 9.03. The predicted molar refractivity (Wildman–Crippen MR) is 88.9 cm³/mol. The standard InChI is InChI=1S/C20H32O3/c1-17-7-4-8-18(2,16(21)22)14(17)6-10-20-9-5-13(11-15(17)20)19(3,23)12-20/h13-15,23H,4-12H2,1-3H3,(H,21,22)/t13-,14-,15-,17+,18+,19-,20+/m0/s1. The van der Waals surface area contributed by atoms with E-state index in [0.29, 0.717) is 17.8 Å². The molecule has 5 rings (SSSR count). The summed E-state index contributed by atoms with van der Waals surface area (Å²) >= 11 is 0. The zero-order chi connectivity index (χ0) is 16.7. The Hall–Kier alpha value is -0.570. The second-order valence-electron chi connectivity index (χ2n) is 10.1. The quantitative estimate of drug-likeness (QED) is 0.760. The summed E-state index contributed by atoms with van der Waals surface area (Å²) in [5, 5.41) is 20.8. The van der Waals surface area contributed by atoms with Crippen LogP contribution < -0.4 is 0 Å². The van der Waals surface area contributed by atoms with Gasteiger partial charge in [0, 0.05) is 0 Å². The molecule has 5 aliphatic rings. The van der Waals surface area contributed by atoms with Gasteiger partial charge >= 0.3 is 5.97 Å². The van der Waals surface area contributed by atoms with Crippen LogP contribution in [-0.2, 0) is 4.79 Å². The molecule has 5 fully saturated rings. The van der Waals surface area contributed by atoms with Crippen molar-refractivity contribution >= 4 is 5.97 Å². The Morgan fingerprint density at radius 2 is 1.70 bits per heavy atom. The van der Waals surface area contributed by atoms with Crippen molar-refractivity contribution in [2.75, 3.05) is 0 Å². The fourth-order valence-corrected chi connectivity index (χ4v) is 7.94. The highest BCUT2D eigenvalue weighted by molar-refractivity contribution is 5.75. The smallest absolute Gasteiger partial charge is 0.309 e. The van der Waals surface area contributed by atoms with Gasteiger partial charge in [0.2, 0.25) is 0 Å². The van der Waals surface area contributed by atoms with Crippen molar-refractivity contribution in [2.45, 2.75) is 84.2 Å². The lowest BCUT2D eigenvalue weighted by Gasteiger charge is -2.69. The van der Waals surface area contributed by atoms with Crippen molar-refractivity contribution in [3.63, 3.8) is 0 Å². The van der Waals surface area contributed by atoms with E-state index in [4.69, 9.17) is 0 Å². The van der Waals surface area contributed by atoms with E-state index in [1.165, 1.54) is 19.3 Å². The predicted octanol–water partition coefficient (Wildman–Crippen LogP) is 4.23. The fraction of sp³-hybridized carbons (Fsp3) is 0.950. The van der Waals surface area contributed by atoms with E-state index in [2.05, 4.69) is 6.92 Å². The Balaban J connectivity index is 1.74. The second-order valence-corrected chi connectivity index (χ2v) is 10.1. The second kappa shape index (κ2) is 4.53. The van der Waals surface area contributed by atoms with Crippen LogP contribution in [-0.4, -0.2) is 21.8 Å². The van der Waals surface area contributed by atoms with E-state index >= 15 is 0 Å². The molecule has 23 heavy (non-hydrogen) atoms. The van der Waals surface area contributed by atoms with Crippen molar-refractivity contribution in [3.8, 4) is 0 Å². The van der Waals surface area contributed by atoms with Gasteiger partial charge < -0.3 is 10.2 Å². The Labute approximate surface area is 139 Å². The van der Waals surface area contributed by atoms with E-state index in [9.17, 15) is 15.0 Å². The van der Waals surface area contributed by atoms with Crippen molar-refractivity contribution in [1.82, 2.24) is 0 Å². The summed E-state index contributed by atoms with van der Waals surface area (Å²) in [7, 11) is 0. The van der Waals surface area contributed by atoms with Crippen LogP contribution in [0.2, 0.25) is 0 Å². The average molecular weight is 320 g/mol. The lowest BCUT2D eigenvalue weighted by atomic mass is 9.36. The summed E-state index contributed by atoms with van der Waals surface area (Å²) in [5.74, 6) is 0.758. The molecular weight excluding hydrogens is 288 g/mol. The van der Waals surface area contributed by atoms with Gasteiger partial charge in [-0.3, -0.25) is 4.79 Å². The van der Waals surface area contributed by atoms with Gasteiger partial charge in [0.1, 0.15) is 0 Å². The number of fused-ring (bicyclic) bond motifs is 3. The van der Waals surface area contributed by atoms with E-state index in [1.54, 1.807) is 0 Å². The van der Waals surface area contributed by atoms with Gasteiger partial charge in [-0.25, -0.2) is 0 Å². The number of aliphatic hydroxyl groups is 1. The molecule has 0 unspecified atom stereocenters. The highest BCUT2D eigenvalue weighted by Crippen LogP contribution is 2.72. The molecule has 0 amide bonds. The van der Waals surface area contributed by atoms with E-state index in [1.807, 2.05) is 13.8 Å². The lowest BCUT2D eigenvalue weighted by molar-refractivity contribution is -0.233. The van der Waals surface area contributed by atoms with Gasteiger partial charge in [0.15, 0.2) is 0 Å². The molecule has 3 heteroatoms. The van der Waals surface area contributed by atoms with Crippen molar-refractivity contribution in [3.05, 3.63) is 0 Å². The summed E-state index contributed by atoms with van der Waals surface area (Å²) in [5.41, 5.74) is -0.615. The summed E-state index contributed by atoms with van der Waals surface area (Å²) in [6, 6.07) is 0. The number of hydrogen-bond donors (Lipinski definition) is 2. The minimum absolute atomic E-state index is 0.152. The monoisotopic (exact) mass is 320 g/mol. The number of carbonyl (C=O) groups is 1. The van der Waals surface area contributed by atoms with Gasteiger partial charge in [0.05, 0.1) is 11.0 Å². The Bertz CT molecular complexity index is 541. The maximum Gasteiger partial charge on any atom is 0.309 e. The van der Waals surface area contributed by atoms with Gasteiger partial charge in [-0.15, -0.1) is 0 Å². The maximum absolute atomic E-state index is 12.1. The number of rotatable bonds is 1. The molecule has 1 spiro atoms. The van der Waals surface area contributed by atoms with Crippen LogP contribution in [0, 0.1) is 34.0 Å². The largest absolute Gasteiger partial charge is 0.481 e. The summed E-state index contributed by atoms with van der Waals surface area (Å²) in [4.78, 5) is 12.1. The van der Waals surface area contributed by atoms with Gasteiger partial charge in [-0.2, -0.15) is 0 Å². The molecule has 0 heterocycles. The van der Waals surface area contributed by atoms with Gasteiger partial charge in [0.25, 0.3) is 0 Å². The van der Waals surface area contributed by atoms with Gasteiger partial charge in [-0.1, -0.05) is 13.3 Å². The van der Waals surface area contributed by atoms with Crippen LogP contribution in [0.5, 0.6) is 0 Å². The van der Waals surface area contributed by atoms with Crippen molar-refractivity contribution in [2.24, 2.45) is 34.0 Å². The van der Waals surface area contributed by atoms with Crippen LogP contribution >= 0.6 is 0 Å². The molecule has 0 aromatic heterocycles. The first-order chi connectivity index (χ1) is 10.6. The number of aliphatic carboxylic acids is 1. The van der Waals surface area contributed by atoms with Crippen molar-refractivity contribution < 1.29 is 15.0 Å². The maximum atomic E-state index is 12.1. The first kappa shape index (κ1) is 15.9. The summed E-state index contributed by atoms with van der Waals surface area (Å²) in [6.07, 6.45) is 9.72. The molecule has 2 N–H and O–H groups in total. The average Bonchev–Trinajstić information content (AvgIpc) is 2.45. The molecule has 0 aliphatic heterocycles. The van der Waals surface area contributed by atoms with Crippen LogP contribution in [0.1, 0.15) is 78.6 Å². The Morgan fingerprint density at radius 1 is 1.00 bits per heavy atom. The number of hydrogen-bond acceptors (Lipinski definition) is 2. The Kier molecular flexibility index (Phi) is 3.14. The zero-order valence-corrected chi connectivity index (χ0v) is 14.9. The number of carboxylic acids is 1. The minimum atomic E-state index is -0.586. The highest BCUT2D eigenvalue weighted by atomic mass is 16.4. The molecule has 0 aromatic rings. The molecule has 7 atom stereocenters. The molecular formula is C20H32O3. The third-order valence-corrected chi connectivity index (χ3v) is 9.03. The minimum Gasteiger partial charge on any atom is -0.481 e. The first-order valence-electron chi connectivity index (χ1n) is 9.60. The summed E-state index contributed by atoms with van der Waals surface area (Å²) in [6.45, 7) is 6.46. The summed E-state index contributed by atoms with van der Waals surface area (Å²) < 4.78 is 0. The third kappa shape index (κ3) is 1.89. The topological polar surface area (TPSA) is 57.5 Å². The first-order valence-corrected chi connectivity index (χ1v) is 9.60. The molecule has 0 aromatic carbocycles. The zero-order valence-electron chi connectivity index (χ0n) is 14.9. The number of carboxylic acid groups (broad SMARTS) is 1. The van der Waals surface area contributed by atoms with Crippen LogP contribution in [0.25, 0.3) is 0 Å².